The van der Waals surface area contributed by atoms with E-state index in [1.165, 1.54) is 24.6 Å². The molecule has 0 saturated carbocycles. The molecule has 14 heteroatoms. The fourth-order valence-corrected chi connectivity index (χ4v) is 3.92. The minimum Gasteiger partial charge on any atom is -0.364 e. The second-order valence-electron chi connectivity index (χ2n) is 8.29. The number of amidine groups is 1. The molecule has 0 unspecified atom stereocenters. The predicted molar refractivity (Wildman–Crippen MR) is 131 cm³/mol. The largest absolute Gasteiger partial charge is 0.364 e. The van der Waals surface area contributed by atoms with Crippen LogP contribution in [-0.4, -0.2) is 43.6 Å². The molecule has 0 radical (unpaired) electrons. The molecule has 1 aliphatic rings. The molecule has 1 aromatic heterocycles. The molecule has 0 aliphatic heterocycles. The van der Waals surface area contributed by atoms with Crippen LogP contribution < -0.4 is 20.7 Å². The van der Waals surface area contributed by atoms with Crippen molar-refractivity contribution in [2.45, 2.75) is 51.9 Å². The van der Waals surface area contributed by atoms with E-state index in [0.717, 1.165) is 37.7 Å². The Morgan fingerprint density at radius 1 is 1.22 bits per heavy atom. The van der Waals surface area contributed by atoms with Crippen molar-refractivity contribution in [2.24, 2.45) is 10.1 Å². The van der Waals surface area contributed by atoms with E-state index in [1.54, 1.807) is 6.92 Å². The molecule has 0 bridgehead atoms. The first-order chi connectivity index (χ1) is 17.2. The van der Waals surface area contributed by atoms with Crippen LogP contribution in [0, 0.1) is 12.7 Å². The van der Waals surface area contributed by atoms with Gasteiger partial charge in [-0.15, -0.1) is 0 Å². The molecular formula is C22H30FN7O5S. The Morgan fingerprint density at radius 2 is 2.03 bits per heavy atom. The number of benzene rings is 1. The lowest BCUT2D eigenvalue weighted by Crippen LogP contribution is -2.34. The number of hydrogen-bond donors (Lipinski definition) is 4. The van der Waals surface area contributed by atoms with Gasteiger partial charge in [-0.25, -0.2) is 28.7 Å². The molecule has 0 atom stereocenters. The minimum atomic E-state index is -3.85. The van der Waals surface area contributed by atoms with Crippen molar-refractivity contribution in [3.05, 3.63) is 46.9 Å². The first-order valence-electron chi connectivity index (χ1n) is 11.5. The molecule has 0 saturated heterocycles. The van der Waals surface area contributed by atoms with Gasteiger partial charge in [0.25, 0.3) is 10.2 Å². The average Bonchev–Trinajstić information content (AvgIpc) is 3.26. The van der Waals surface area contributed by atoms with Crippen LogP contribution in [0.1, 0.15) is 56.2 Å². The number of rotatable bonds is 9. The lowest BCUT2D eigenvalue weighted by molar-refractivity contribution is -0.147. The number of anilines is 1. The Hall–Kier alpha value is -3.36. The van der Waals surface area contributed by atoms with E-state index in [-0.39, 0.29) is 36.9 Å². The van der Waals surface area contributed by atoms with Crippen LogP contribution in [0.15, 0.2) is 39.5 Å². The highest BCUT2D eigenvalue weighted by Gasteiger charge is 2.19. The number of aromatic nitrogens is 2. The molecular weight excluding hydrogens is 493 g/mol. The van der Waals surface area contributed by atoms with Gasteiger partial charge in [-0.2, -0.15) is 13.9 Å². The standard InChI is InChI=1S/C22H30FN7O5S/c1-15-13-17(9-10-18(15)23)27-22(20-21(30-35-28-20)25-11-12-26-36(24,32)33)29-34-19(31)14-16-7-5-3-2-4-6-8-16/h7,9-10,13,26H,2-6,8,11-12,14H2,1H3,(H,25,30)(H,27,29)(H2,24,32,33)/b16-7-. The number of hydrogen-bond acceptors (Lipinski definition) is 9. The van der Waals surface area contributed by atoms with E-state index in [0.29, 0.717) is 11.3 Å². The van der Waals surface area contributed by atoms with Crippen molar-refractivity contribution >= 4 is 33.5 Å². The molecule has 0 spiro atoms. The fraction of sp³-hybridized carbons (Fsp3) is 0.455. The van der Waals surface area contributed by atoms with Crippen molar-refractivity contribution in [3.8, 4) is 0 Å². The third kappa shape index (κ3) is 9.02. The normalized spacial score (nSPS) is 16.4. The van der Waals surface area contributed by atoms with Crippen LogP contribution in [0.5, 0.6) is 0 Å². The minimum absolute atomic E-state index is 0.0239. The van der Waals surface area contributed by atoms with Gasteiger partial charge in [0, 0.05) is 13.1 Å². The van der Waals surface area contributed by atoms with Gasteiger partial charge in [0.15, 0.2) is 11.5 Å². The third-order valence-corrected chi connectivity index (χ3v) is 5.94. The van der Waals surface area contributed by atoms with Gasteiger partial charge in [-0.05, 0) is 66.7 Å². The van der Waals surface area contributed by atoms with E-state index in [1.807, 2.05) is 0 Å². The Morgan fingerprint density at radius 3 is 2.81 bits per heavy atom. The highest BCUT2D eigenvalue weighted by molar-refractivity contribution is 7.87. The molecule has 2 aromatic rings. The van der Waals surface area contributed by atoms with Crippen molar-refractivity contribution in [3.63, 3.8) is 0 Å². The van der Waals surface area contributed by atoms with Crippen LogP contribution in [0.25, 0.3) is 0 Å². The number of nitrogens with zero attached hydrogens (tertiary/aromatic N) is 3. The smallest absolute Gasteiger partial charge is 0.336 e. The van der Waals surface area contributed by atoms with Crippen molar-refractivity contribution < 1.29 is 27.1 Å². The van der Waals surface area contributed by atoms with Gasteiger partial charge >= 0.3 is 5.97 Å². The number of halogens is 1. The number of allylic oxidation sites excluding steroid dienone is 1. The topological polar surface area (TPSA) is 174 Å². The summed E-state index contributed by atoms with van der Waals surface area (Å²) in [6.07, 6.45) is 8.48. The number of aryl methyl sites for hydroxylation is 1. The Bertz CT molecular complexity index is 1210. The summed E-state index contributed by atoms with van der Waals surface area (Å²) in [5.41, 5.74) is 4.34. The molecule has 3 rings (SSSR count). The summed E-state index contributed by atoms with van der Waals surface area (Å²) in [4.78, 5) is 22.2. The molecule has 36 heavy (non-hydrogen) atoms. The monoisotopic (exact) mass is 523 g/mol. The van der Waals surface area contributed by atoms with E-state index in [9.17, 15) is 17.6 Å². The summed E-state index contributed by atoms with van der Waals surface area (Å²) in [7, 11) is -3.85. The number of carbonyl (C=O) groups is 1. The summed E-state index contributed by atoms with van der Waals surface area (Å²) in [6, 6.07) is 4.22. The van der Waals surface area contributed by atoms with Crippen molar-refractivity contribution in [1.29, 1.82) is 0 Å². The second-order valence-corrected chi connectivity index (χ2v) is 9.67. The van der Waals surface area contributed by atoms with E-state index in [4.69, 9.17) is 14.6 Å². The Balaban J connectivity index is 1.75. The SMILES string of the molecule is Cc1cc(N=C(NOC(=O)C/C2=C\CCCCCC2)c2nonc2NCCNS(N)(=O)=O)ccc1F. The first kappa shape index (κ1) is 27.2. The summed E-state index contributed by atoms with van der Waals surface area (Å²) in [6.45, 7) is 1.65. The van der Waals surface area contributed by atoms with Crippen molar-refractivity contribution in [2.75, 3.05) is 18.4 Å². The van der Waals surface area contributed by atoms with Gasteiger partial charge in [0.05, 0.1) is 12.1 Å². The van der Waals surface area contributed by atoms with Gasteiger partial charge < -0.3 is 10.2 Å². The predicted octanol–water partition coefficient (Wildman–Crippen LogP) is 2.52. The maximum atomic E-state index is 13.7. The quantitative estimate of drug-likeness (QED) is 0.127. The highest BCUT2D eigenvalue weighted by atomic mass is 32.2. The third-order valence-electron chi connectivity index (χ3n) is 5.33. The molecule has 0 fully saturated rings. The van der Waals surface area contributed by atoms with Gasteiger partial charge in [-0.1, -0.05) is 24.5 Å². The maximum absolute atomic E-state index is 13.7. The number of carbonyl (C=O) groups excluding carboxylic acids is 1. The summed E-state index contributed by atoms with van der Waals surface area (Å²) in [5, 5.41) is 15.3. The van der Waals surface area contributed by atoms with Crippen LogP contribution in [0.4, 0.5) is 15.9 Å². The van der Waals surface area contributed by atoms with Gasteiger partial charge in [0.2, 0.25) is 5.82 Å². The molecule has 1 heterocycles. The van der Waals surface area contributed by atoms with E-state index in [2.05, 4.69) is 36.9 Å². The number of aliphatic imine (C=N–C) groups is 1. The maximum Gasteiger partial charge on any atom is 0.336 e. The van der Waals surface area contributed by atoms with Crippen LogP contribution in [0.3, 0.4) is 0 Å². The zero-order valence-electron chi connectivity index (χ0n) is 19.9. The molecule has 12 nitrogen and oxygen atoms in total. The molecule has 1 aromatic carbocycles. The number of hydroxylamine groups is 1. The zero-order valence-corrected chi connectivity index (χ0v) is 20.7. The fourth-order valence-electron chi connectivity index (χ4n) is 3.53. The molecule has 196 valence electrons. The van der Waals surface area contributed by atoms with E-state index < -0.39 is 22.0 Å². The van der Waals surface area contributed by atoms with E-state index >= 15 is 0 Å². The summed E-state index contributed by atoms with van der Waals surface area (Å²) >= 11 is 0. The molecule has 1 aliphatic carbocycles. The number of nitrogens with two attached hydrogens (primary N) is 1. The Labute approximate surface area is 208 Å². The van der Waals surface area contributed by atoms with Crippen molar-refractivity contribution in [1.82, 2.24) is 20.5 Å². The highest BCUT2D eigenvalue weighted by Crippen LogP contribution is 2.21. The van der Waals surface area contributed by atoms with Crippen LogP contribution in [0.2, 0.25) is 0 Å². The zero-order chi connectivity index (χ0) is 26.0. The molecule has 0 amide bonds. The summed E-state index contributed by atoms with van der Waals surface area (Å²) < 4.78 is 42.7. The van der Waals surface area contributed by atoms with Gasteiger partial charge in [-0.3, -0.25) is 0 Å². The lowest BCUT2D eigenvalue weighted by Gasteiger charge is -2.12. The first-order valence-corrected chi connectivity index (χ1v) is 13.1. The van der Waals surface area contributed by atoms with Crippen LogP contribution in [-0.2, 0) is 19.8 Å². The van der Waals surface area contributed by atoms with Gasteiger partial charge in [0.1, 0.15) is 5.82 Å². The molecule has 5 N–H and O–H groups in total. The second kappa shape index (κ2) is 13.1. The average molecular weight is 524 g/mol. The number of nitrogens with one attached hydrogen (secondary N) is 3. The summed E-state index contributed by atoms with van der Waals surface area (Å²) in [5.74, 6) is -0.817. The van der Waals surface area contributed by atoms with Crippen LogP contribution >= 0.6 is 0 Å². The lowest BCUT2D eigenvalue weighted by atomic mass is 9.98. The Kier molecular flexibility index (Phi) is 9.90.